The first-order chi connectivity index (χ1) is 13.9. The monoisotopic (exact) mass is 446 g/mol. The lowest BCUT2D eigenvalue weighted by molar-refractivity contribution is 0.111. The van der Waals surface area contributed by atoms with E-state index in [1.165, 1.54) is 0 Å². The van der Waals surface area contributed by atoms with E-state index in [0.717, 1.165) is 60.3 Å². The molecule has 0 aromatic heterocycles. The molecule has 0 fully saturated rings. The molecule has 0 spiro atoms. The van der Waals surface area contributed by atoms with Gasteiger partial charge in [-0.1, -0.05) is 48.5 Å². The third kappa shape index (κ3) is 6.02. The van der Waals surface area contributed by atoms with Gasteiger partial charge in [0, 0.05) is 24.2 Å². The van der Waals surface area contributed by atoms with Crippen LogP contribution in [0.2, 0.25) is 0 Å². The van der Waals surface area contributed by atoms with Gasteiger partial charge in [-0.3, -0.25) is 19.6 Å². The van der Waals surface area contributed by atoms with Crippen LogP contribution >= 0.6 is 24.8 Å². The molecule has 3 aromatic carbocycles. The highest BCUT2D eigenvalue weighted by Crippen LogP contribution is 2.30. The number of rotatable bonds is 2. The maximum atomic E-state index is 11.3. The third-order valence-corrected chi connectivity index (χ3v) is 4.39. The number of hydrogen-bond acceptors (Lipinski definition) is 6. The molecule has 158 valence electrons. The van der Waals surface area contributed by atoms with Gasteiger partial charge < -0.3 is 10.6 Å². The molecule has 3 aromatic rings. The lowest BCUT2D eigenvalue weighted by atomic mass is 9.93. The summed E-state index contributed by atoms with van der Waals surface area (Å²) < 4.78 is 0. The molecule has 2 heterocycles. The topological polar surface area (TPSA) is 82.9 Å². The lowest BCUT2D eigenvalue weighted by Gasteiger charge is -2.09. The van der Waals surface area contributed by atoms with Crippen molar-refractivity contribution in [3.8, 4) is 0 Å². The zero-order valence-corrected chi connectivity index (χ0v) is 17.9. The Morgan fingerprint density at radius 2 is 0.967 bits per heavy atom. The molecule has 0 atom stereocenters. The molecule has 6 nitrogen and oxygen atoms in total. The molecule has 2 N–H and O–H groups in total. The molecular weight excluding hydrogens is 423 g/mol. The highest BCUT2D eigenvalue weighted by atomic mass is 35.5. The van der Waals surface area contributed by atoms with Gasteiger partial charge in [-0.2, -0.15) is 0 Å². The van der Waals surface area contributed by atoms with Gasteiger partial charge in [0.25, 0.3) is 0 Å². The number of nitrogens with zero attached hydrogens (tertiary/aromatic N) is 2. The number of benzene rings is 3. The minimum atomic E-state index is 0. The molecule has 0 amide bonds. The summed E-state index contributed by atoms with van der Waals surface area (Å²) in [5.74, 6) is 0. The van der Waals surface area contributed by atoms with E-state index in [2.05, 4.69) is 20.6 Å². The summed E-state index contributed by atoms with van der Waals surface area (Å²) >= 11 is 0. The molecule has 0 saturated carbocycles. The number of nitrogens with one attached hydrogen (secondary N) is 2. The molecule has 0 saturated heterocycles. The Labute approximate surface area is 187 Å². The van der Waals surface area contributed by atoms with Crippen molar-refractivity contribution in [2.45, 2.75) is 0 Å². The van der Waals surface area contributed by atoms with E-state index in [1.807, 2.05) is 48.5 Å². The highest BCUT2D eigenvalue weighted by molar-refractivity contribution is 6.19. The Balaban J connectivity index is 0.000000310. The van der Waals surface area contributed by atoms with Crippen LogP contribution in [0.5, 0.6) is 0 Å². The number of hydrogen-bond donors (Lipinski definition) is 2. The number of halogens is 2. The van der Waals surface area contributed by atoms with Crippen molar-refractivity contribution >= 4 is 71.6 Å². The number of aldehydes is 2. The number of aliphatic imine (C=N–C) groups is 2. The molecule has 0 aliphatic carbocycles. The SMILES string of the molecule is C1=NCCN1.C1=NCCN1.Cl.Cl.O=Cc1c2ccccc2c(C=O)c2ccccc12. The van der Waals surface area contributed by atoms with Crippen molar-refractivity contribution < 1.29 is 9.59 Å². The van der Waals surface area contributed by atoms with Crippen LogP contribution in [0.15, 0.2) is 58.5 Å². The quantitative estimate of drug-likeness (QED) is 0.464. The second-order valence-corrected chi connectivity index (χ2v) is 6.13. The first-order valence-corrected chi connectivity index (χ1v) is 9.14. The van der Waals surface area contributed by atoms with Crippen LogP contribution in [0, 0.1) is 0 Å². The first-order valence-electron chi connectivity index (χ1n) is 9.14. The fraction of sp³-hybridized carbons (Fsp3) is 0.182. The standard InChI is InChI=1S/C16H10O2.2C3H6N2.2ClH/c17-9-15-11-5-1-2-6-12(11)16(10-18)14-8-4-3-7-13(14)15;2*1-2-5-3-4-1;;/h1-10H;2*3H,1-2H2,(H,4,5);2*1H. The van der Waals surface area contributed by atoms with Crippen molar-refractivity contribution in [1.29, 1.82) is 0 Å². The van der Waals surface area contributed by atoms with Crippen LogP contribution in [0.1, 0.15) is 20.7 Å². The highest BCUT2D eigenvalue weighted by Gasteiger charge is 2.11. The van der Waals surface area contributed by atoms with Crippen LogP contribution in [-0.4, -0.2) is 51.4 Å². The van der Waals surface area contributed by atoms with Crippen LogP contribution in [0.3, 0.4) is 0 Å². The van der Waals surface area contributed by atoms with E-state index in [0.29, 0.717) is 11.1 Å². The van der Waals surface area contributed by atoms with E-state index in [9.17, 15) is 9.59 Å². The van der Waals surface area contributed by atoms with Crippen molar-refractivity contribution in [1.82, 2.24) is 10.6 Å². The average Bonchev–Trinajstić information content (AvgIpc) is 3.51. The van der Waals surface area contributed by atoms with E-state index in [4.69, 9.17) is 0 Å². The Kier molecular flexibility index (Phi) is 11.1. The molecule has 0 radical (unpaired) electrons. The van der Waals surface area contributed by atoms with Gasteiger partial charge in [-0.15, -0.1) is 24.8 Å². The van der Waals surface area contributed by atoms with Crippen LogP contribution in [0.25, 0.3) is 21.5 Å². The second kappa shape index (κ2) is 13.3. The van der Waals surface area contributed by atoms with Gasteiger partial charge in [-0.25, -0.2) is 0 Å². The Bertz CT molecular complexity index is 887. The molecule has 0 unspecified atom stereocenters. The number of fused-ring (bicyclic) bond motifs is 2. The molecule has 8 heteroatoms. The third-order valence-electron chi connectivity index (χ3n) is 4.39. The van der Waals surface area contributed by atoms with Gasteiger partial charge >= 0.3 is 0 Å². The fourth-order valence-electron chi connectivity index (χ4n) is 3.10. The fourth-order valence-corrected chi connectivity index (χ4v) is 3.10. The van der Waals surface area contributed by atoms with E-state index >= 15 is 0 Å². The number of carbonyl (C=O) groups excluding carboxylic acids is 2. The second-order valence-electron chi connectivity index (χ2n) is 6.13. The zero-order chi connectivity index (χ0) is 19.6. The van der Waals surface area contributed by atoms with Crippen LogP contribution < -0.4 is 10.6 Å². The minimum absolute atomic E-state index is 0. The lowest BCUT2D eigenvalue weighted by Crippen LogP contribution is -2.04. The molecular formula is C22H24Cl2N4O2. The van der Waals surface area contributed by atoms with Crippen molar-refractivity contribution in [3.05, 3.63) is 59.7 Å². The van der Waals surface area contributed by atoms with E-state index < -0.39 is 0 Å². The normalized spacial score (nSPS) is 12.8. The summed E-state index contributed by atoms with van der Waals surface area (Å²) in [5.41, 5.74) is 1.29. The minimum Gasteiger partial charge on any atom is -0.375 e. The summed E-state index contributed by atoms with van der Waals surface area (Å²) in [6, 6.07) is 15.0. The van der Waals surface area contributed by atoms with Gasteiger partial charge in [0.05, 0.1) is 25.8 Å². The van der Waals surface area contributed by atoms with Crippen molar-refractivity contribution in [2.75, 3.05) is 26.2 Å². The zero-order valence-electron chi connectivity index (χ0n) is 16.3. The summed E-state index contributed by atoms with van der Waals surface area (Å²) in [5, 5.41) is 9.17. The van der Waals surface area contributed by atoms with Crippen molar-refractivity contribution in [3.63, 3.8) is 0 Å². The van der Waals surface area contributed by atoms with Gasteiger partial charge in [0.1, 0.15) is 0 Å². The molecule has 0 bridgehead atoms. The maximum absolute atomic E-state index is 11.3. The van der Waals surface area contributed by atoms with Gasteiger partial charge in [0.15, 0.2) is 12.6 Å². The Morgan fingerprint density at radius 3 is 1.13 bits per heavy atom. The predicted molar refractivity (Wildman–Crippen MR) is 129 cm³/mol. The maximum Gasteiger partial charge on any atom is 0.151 e. The largest absolute Gasteiger partial charge is 0.375 e. The van der Waals surface area contributed by atoms with E-state index in [1.54, 1.807) is 12.7 Å². The average molecular weight is 447 g/mol. The molecule has 30 heavy (non-hydrogen) atoms. The van der Waals surface area contributed by atoms with Gasteiger partial charge in [0.2, 0.25) is 0 Å². The van der Waals surface area contributed by atoms with Crippen molar-refractivity contribution in [2.24, 2.45) is 9.98 Å². The summed E-state index contributed by atoms with van der Waals surface area (Å²) in [6.45, 7) is 3.97. The van der Waals surface area contributed by atoms with E-state index in [-0.39, 0.29) is 24.8 Å². The summed E-state index contributed by atoms with van der Waals surface area (Å²) in [4.78, 5) is 30.4. The Hall–Kier alpha value is -2.96. The molecule has 2 aliphatic heterocycles. The predicted octanol–water partition coefficient (Wildman–Crippen LogP) is 3.70. The van der Waals surface area contributed by atoms with Crippen LogP contribution in [0.4, 0.5) is 0 Å². The molecule has 2 aliphatic rings. The smallest absolute Gasteiger partial charge is 0.151 e. The van der Waals surface area contributed by atoms with Crippen LogP contribution in [-0.2, 0) is 0 Å². The molecule has 5 rings (SSSR count). The summed E-state index contributed by atoms with van der Waals surface area (Å²) in [7, 11) is 0. The summed E-state index contributed by atoms with van der Waals surface area (Å²) in [6.07, 6.45) is 5.19. The Morgan fingerprint density at radius 1 is 0.633 bits per heavy atom. The number of carbonyl (C=O) groups is 2. The first kappa shape index (κ1) is 25.1. The van der Waals surface area contributed by atoms with Gasteiger partial charge in [-0.05, 0) is 21.5 Å².